The SMILES string of the molecule is Cc1cc(C(=O)c2ccc3c(c2)CCO3)c(F)cc1F. The van der Waals surface area contributed by atoms with E-state index in [2.05, 4.69) is 0 Å². The largest absolute Gasteiger partial charge is 0.493 e. The fraction of sp³-hybridized carbons (Fsp3) is 0.188. The van der Waals surface area contributed by atoms with Gasteiger partial charge in [0.2, 0.25) is 0 Å². The Balaban J connectivity index is 2.03. The molecular formula is C16H12F2O2. The summed E-state index contributed by atoms with van der Waals surface area (Å²) < 4.78 is 32.4. The predicted octanol–water partition coefficient (Wildman–Crippen LogP) is 3.44. The summed E-state index contributed by atoms with van der Waals surface area (Å²) in [5, 5.41) is 0. The molecule has 2 aromatic rings. The molecule has 102 valence electrons. The highest BCUT2D eigenvalue weighted by molar-refractivity contribution is 6.09. The number of benzene rings is 2. The second-order valence-electron chi connectivity index (χ2n) is 4.83. The molecule has 0 aliphatic carbocycles. The molecule has 1 aliphatic heterocycles. The smallest absolute Gasteiger partial charge is 0.195 e. The molecular weight excluding hydrogens is 262 g/mol. The normalized spacial score (nSPS) is 12.9. The molecule has 0 N–H and O–H groups in total. The number of carbonyl (C=O) groups is 1. The summed E-state index contributed by atoms with van der Waals surface area (Å²) in [5.74, 6) is -1.17. The van der Waals surface area contributed by atoms with Crippen LogP contribution in [-0.2, 0) is 6.42 Å². The Morgan fingerprint density at radius 1 is 1.15 bits per heavy atom. The van der Waals surface area contributed by atoms with Crippen LogP contribution in [0.25, 0.3) is 0 Å². The Kier molecular flexibility index (Phi) is 3.01. The highest BCUT2D eigenvalue weighted by Gasteiger charge is 2.19. The van der Waals surface area contributed by atoms with Crippen LogP contribution in [0.3, 0.4) is 0 Å². The van der Waals surface area contributed by atoms with E-state index >= 15 is 0 Å². The number of ether oxygens (including phenoxy) is 1. The molecule has 0 amide bonds. The van der Waals surface area contributed by atoms with Crippen LogP contribution in [0.15, 0.2) is 30.3 Å². The first-order chi connectivity index (χ1) is 9.56. The fourth-order valence-electron chi connectivity index (χ4n) is 2.31. The van der Waals surface area contributed by atoms with Crippen LogP contribution in [0.2, 0.25) is 0 Å². The maximum absolute atomic E-state index is 13.8. The van der Waals surface area contributed by atoms with E-state index in [-0.39, 0.29) is 11.1 Å². The monoisotopic (exact) mass is 274 g/mol. The van der Waals surface area contributed by atoms with E-state index in [4.69, 9.17) is 4.74 Å². The van der Waals surface area contributed by atoms with E-state index < -0.39 is 17.4 Å². The van der Waals surface area contributed by atoms with Gasteiger partial charge >= 0.3 is 0 Å². The summed E-state index contributed by atoms with van der Waals surface area (Å²) in [6, 6.07) is 7.02. The molecule has 0 saturated heterocycles. The van der Waals surface area contributed by atoms with Crippen LogP contribution in [0, 0.1) is 18.6 Å². The van der Waals surface area contributed by atoms with Crippen LogP contribution >= 0.6 is 0 Å². The average Bonchev–Trinajstić information content (AvgIpc) is 2.89. The van der Waals surface area contributed by atoms with Gasteiger partial charge in [0.25, 0.3) is 0 Å². The van der Waals surface area contributed by atoms with E-state index in [1.54, 1.807) is 18.2 Å². The fourth-order valence-corrected chi connectivity index (χ4v) is 2.31. The van der Waals surface area contributed by atoms with Gasteiger partial charge in [-0.05, 0) is 42.3 Å². The van der Waals surface area contributed by atoms with Crippen LogP contribution < -0.4 is 4.74 Å². The lowest BCUT2D eigenvalue weighted by Gasteiger charge is -2.06. The molecule has 2 nitrogen and oxygen atoms in total. The first-order valence-corrected chi connectivity index (χ1v) is 6.32. The molecule has 4 heteroatoms. The molecule has 3 rings (SSSR count). The van der Waals surface area contributed by atoms with E-state index in [0.29, 0.717) is 12.2 Å². The first-order valence-electron chi connectivity index (χ1n) is 6.32. The van der Waals surface area contributed by atoms with Gasteiger partial charge in [-0.3, -0.25) is 4.79 Å². The molecule has 1 aliphatic rings. The van der Waals surface area contributed by atoms with E-state index in [9.17, 15) is 13.6 Å². The predicted molar refractivity (Wildman–Crippen MR) is 70.2 cm³/mol. The zero-order valence-electron chi connectivity index (χ0n) is 10.9. The van der Waals surface area contributed by atoms with E-state index in [1.807, 2.05) is 0 Å². The molecule has 0 spiro atoms. The molecule has 0 bridgehead atoms. The van der Waals surface area contributed by atoms with Gasteiger partial charge in [0, 0.05) is 18.1 Å². The quantitative estimate of drug-likeness (QED) is 0.784. The van der Waals surface area contributed by atoms with Gasteiger partial charge in [0.15, 0.2) is 5.78 Å². The third-order valence-corrected chi connectivity index (χ3v) is 3.44. The maximum atomic E-state index is 13.8. The molecule has 0 fully saturated rings. The number of hydrogen-bond donors (Lipinski definition) is 0. The first kappa shape index (κ1) is 12.8. The lowest BCUT2D eigenvalue weighted by Crippen LogP contribution is -2.06. The van der Waals surface area contributed by atoms with Crippen molar-refractivity contribution in [3.63, 3.8) is 0 Å². The molecule has 0 atom stereocenters. The minimum atomic E-state index is -0.838. The summed E-state index contributed by atoms with van der Waals surface area (Å²) in [6.45, 7) is 2.10. The second kappa shape index (κ2) is 4.71. The molecule has 0 aromatic heterocycles. The summed E-state index contributed by atoms with van der Waals surface area (Å²) in [7, 11) is 0. The van der Waals surface area contributed by atoms with Crippen molar-refractivity contribution in [3.8, 4) is 5.75 Å². The van der Waals surface area contributed by atoms with Gasteiger partial charge in [-0.1, -0.05) is 0 Å². The average molecular weight is 274 g/mol. The van der Waals surface area contributed by atoms with Gasteiger partial charge in [-0.2, -0.15) is 0 Å². The van der Waals surface area contributed by atoms with Gasteiger partial charge in [-0.25, -0.2) is 8.78 Å². The Morgan fingerprint density at radius 2 is 1.95 bits per heavy atom. The van der Waals surface area contributed by atoms with E-state index in [1.165, 1.54) is 13.0 Å². The van der Waals surface area contributed by atoms with Crippen LogP contribution in [-0.4, -0.2) is 12.4 Å². The van der Waals surface area contributed by atoms with Crippen LogP contribution in [0.1, 0.15) is 27.0 Å². The van der Waals surface area contributed by atoms with Crippen molar-refractivity contribution in [2.45, 2.75) is 13.3 Å². The summed E-state index contributed by atoms with van der Waals surface area (Å²) in [6.07, 6.45) is 0.737. The molecule has 0 unspecified atom stereocenters. The van der Waals surface area contributed by atoms with Crippen molar-refractivity contribution in [1.29, 1.82) is 0 Å². The Hall–Kier alpha value is -2.23. The number of aryl methyl sites for hydroxylation is 1. The standard InChI is InChI=1S/C16H12F2O2/c1-9-6-12(14(18)8-13(9)17)16(19)11-2-3-15-10(7-11)4-5-20-15/h2-3,6-8H,4-5H2,1H3. The lowest BCUT2D eigenvalue weighted by atomic mass is 9.98. The van der Waals surface area contributed by atoms with Crippen LogP contribution in [0.5, 0.6) is 5.75 Å². The highest BCUT2D eigenvalue weighted by atomic mass is 19.1. The Morgan fingerprint density at radius 3 is 2.75 bits per heavy atom. The zero-order chi connectivity index (χ0) is 14.3. The third-order valence-electron chi connectivity index (χ3n) is 3.44. The number of rotatable bonds is 2. The molecule has 20 heavy (non-hydrogen) atoms. The number of carbonyl (C=O) groups excluding carboxylic acids is 1. The van der Waals surface area contributed by atoms with Crippen molar-refractivity contribution >= 4 is 5.78 Å². The maximum Gasteiger partial charge on any atom is 0.195 e. The summed E-state index contributed by atoms with van der Waals surface area (Å²) in [5.41, 5.74) is 1.47. The second-order valence-corrected chi connectivity index (χ2v) is 4.83. The van der Waals surface area contributed by atoms with Crippen molar-refractivity contribution in [2.75, 3.05) is 6.61 Å². The minimum Gasteiger partial charge on any atom is -0.493 e. The molecule has 0 saturated carbocycles. The lowest BCUT2D eigenvalue weighted by molar-refractivity contribution is 0.103. The third kappa shape index (κ3) is 2.07. The Labute approximate surface area is 115 Å². The van der Waals surface area contributed by atoms with E-state index in [0.717, 1.165) is 23.8 Å². The van der Waals surface area contributed by atoms with Gasteiger partial charge in [0.05, 0.1) is 12.2 Å². The number of hydrogen-bond acceptors (Lipinski definition) is 2. The summed E-state index contributed by atoms with van der Waals surface area (Å²) in [4.78, 5) is 12.3. The molecule has 0 radical (unpaired) electrons. The van der Waals surface area contributed by atoms with Crippen molar-refractivity contribution in [1.82, 2.24) is 0 Å². The van der Waals surface area contributed by atoms with Crippen molar-refractivity contribution in [2.24, 2.45) is 0 Å². The number of fused-ring (bicyclic) bond motifs is 1. The number of halogens is 2. The zero-order valence-corrected chi connectivity index (χ0v) is 10.9. The Bertz CT molecular complexity index is 708. The number of ketones is 1. The molecule has 2 aromatic carbocycles. The van der Waals surface area contributed by atoms with Gasteiger partial charge in [0.1, 0.15) is 17.4 Å². The summed E-state index contributed by atoms with van der Waals surface area (Å²) >= 11 is 0. The molecule has 1 heterocycles. The van der Waals surface area contributed by atoms with Crippen molar-refractivity contribution < 1.29 is 18.3 Å². The van der Waals surface area contributed by atoms with Crippen molar-refractivity contribution in [3.05, 3.63) is 64.2 Å². The highest BCUT2D eigenvalue weighted by Crippen LogP contribution is 2.27. The van der Waals surface area contributed by atoms with Crippen LogP contribution in [0.4, 0.5) is 8.78 Å². The van der Waals surface area contributed by atoms with Gasteiger partial charge < -0.3 is 4.74 Å². The topological polar surface area (TPSA) is 26.3 Å². The minimum absolute atomic E-state index is 0.109. The van der Waals surface area contributed by atoms with Gasteiger partial charge in [-0.15, -0.1) is 0 Å².